The van der Waals surface area contributed by atoms with Crippen LogP contribution < -0.4 is 9.47 Å². The van der Waals surface area contributed by atoms with Crippen molar-refractivity contribution >= 4 is 5.97 Å². The number of para-hydroxylation sites is 2. The van der Waals surface area contributed by atoms with Gasteiger partial charge in [-0.05, 0) is 42.8 Å². The minimum Gasteiger partial charge on any atom is -0.486 e. The number of rotatable bonds is 7. The lowest BCUT2D eigenvalue weighted by molar-refractivity contribution is 0.0564. The van der Waals surface area contributed by atoms with Crippen molar-refractivity contribution in [2.24, 2.45) is 0 Å². The van der Waals surface area contributed by atoms with Crippen LogP contribution in [-0.2, 0) is 6.54 Å². The molecule has 132 valence electrons. The fraction of sp³-hybridized carbons (Fsp3) is 0.350. The Morgan fingerprint density at radius 1 is 1.20 bits per heavy atom. The summed E-state index contributed by atoms with van der Waals surface area (Å²) in [4.78, 5) is 13.4. The Bertz CT molecular complexity index is 731. The molecule has 2 aromatic carbocycles. The standard InChI is InChI=1S/C20H23NO4/c1-2-10-21(12-15-6-5-7-16(11-15)20(22)23)13-17-14-24-18-8-3-4-9-19(18)25-17/h3-9,11,17H,2,10,12-14H2,1H3,(H,22,23). The van der Waals surface area contributed by atoms with Crippen LogP contribution >= 0.6 is 0 Å². The van der Waals surface area contributed by atoms with Crippen LogP contribution in [0.3, 0.4) is 0 Å². The molecule has 0 amide bonds. The number of ether oxygens (including phenoxy) is 2. The molecule has 0 aromatic heterocycles. The van der Waals surface area contributed by atoms with E-state index in [0.29, 0.717) is 18.7 Å². The molecule has 0 aliphatic carbocycles. The smallest absolute Gasteiger partial charge is 0.335 e. The highest BCUT2D eigenvalue weighted by Crippen LogP contribution is 2.31. The molecule has 0 saturated carbocycles. The summed E-state index contributed by atoms with van der Waals surface area (Å²) in [5, 5.41) is 9.15. The van der Waals surface area contributed by atoms with Gasteiger partial charge in [-0.3, -0.25) is 4.90 Å². The van der Waals surface area contributed by atoms with E-state index >= 15 is 0 Å². The van der Waals surface area contributed by atoms with Gasteiger partial charge in [-0.1, -0.05) is 31.2 Å². The van der Waals surface area contributed by atoms with Crippen LogP contribution in [0.2, 0.25) is 0 Å². The summed E-state index contributed by atoms with van der Waals surface area (Å²) in [7, 11) is 0. The zero-order valence-electron chi connectivity index (χ0n) is 14.4. The zero-order chi connectivity index (χ0) is 17.6. The summed E-state index contributed by atoms with van der Waals surface area (Å²) >= 11 is 0. The third-order valence-electron chi connectivity index (χ3n) is 4.15. The van der Waals surface area contributed by atoms with Crippen molar-refractivity contribution in [3.63, 3.8) is 0 Å². The first-order chi connectivity index (χ1) is 12.2. The van der Waals surface area contributed by atoms with E-state index in [1.807, 2.05) is 30.3 Å². The molecule has 0 saturated heterocycles. The molecule has 0 bridgehead atoms. The van der Waals surface area contributed by atoms with Crippen LogP contribution in [0.15, 0.2) is 48.5 Å². The van der Waals surface area contributed by atoms with Gasteiger partial charge in [-0.25, -0.2) is 4.79 Å². The van der Waals surface area contributed by atoms with Gasteiger partial charge < -0.3 is 14.6 Å². The summed E-state index contributed by atoms with van der Waals surface area (Å²) in [6.45, 7) is 5.00. The van der Waals surface area contributed by atoms with Crippen molar-refractivity contribution in [1.82, 2.24) is 4.90 Å². The predicted molar refractivity (Wildman–Crippen MR) is 95.3 cm³/mol. The summed E-state index contributed by atoms with van der Waals surface area (Å²) in [5.41, 5.74) is 1.31. The van der Waals surface area contributed by atoms with Crippen LogP contribution in [-0.4, -0.2) is 41.8 Å². The second-order valence-electron chi connectivity index (χ2n) is 6.24. The Balaban J connectivity index is 1.66. The van der Waals surface area contributed by atoms with Gasteiger partial charge >= 0.3 is 5.97 Å². The second-order valence-corrected chi connectivity index (χ2v) is 6.24. The highest BCUT2D eigenvalue weighted by molar-refractivity contribution is 5.87. The van der Waals surface area contributed by atoms with E-state index in [0.717, 1.165) is 36.6 Å². The topological polar surface area (TPSA) is 59.0 Å². The minimum absolute atomic E-state index is 0.0379. The first-order valence-corrected chi connectivity index (χ1v) is 8.58. The van der Waals surface area contributed by atoms with Crippen LogP contribution in [0.1, 0.15) is 29.3 Å². The van der Waals surface area contributed by atoms with Gasteiger partial charge in [-0.2, -0.15) is 0 Å². The summed E-state index contributed by atoms with van der Waals surface area (Å²) in [6, 6.07) is 14.8. The van der Waals surface area contributed by atoms with Crippen molar-refractivity contribution in [3.8, 4) is 11.5 Å². The quantitative estimate of drug-likeness (QED) is 0.836. The molecule has 0 fully saturated rings. The van der Waals surface area contributed by atoms with Crippen LogP contribution in [0.25, 0.3) is 0 Å². The van der Waals surface area contributed by atoms with Gasteiger partial charge in [0.25, 0.3) is 0 Å². The molecule has 1 unspecified atom stereocenters. The van der Waals surface area contributed by atoms with Gasteiger partial charge in [0.05, 0.1) is 5.56 Å². The maximum atomic E-state index is 11.1. The summed E-state index contributed by atoms with van der Waals surface area (Å²) in [6.07, 6.45) is 0.979. The molecule has 25 heavy (non-hydrogen) atoms. The second kappa shape index (κ2) is 8.03. The molecule has 1 aliphatic heterocycles. The van der Waals surface area contributed by atoms with Crippen LogP contribution in [0.5, 0.6) is 11.5 Å². The van der Waals surface area contributed by atoms with E-state index in [4.69, 9.17) is 14.6 Å². The highest BCUT2D eigenvalue weighted by atomic mass is 16.6. The maximum Gasteiger partial charge on any atom is 0.335 e. The van der Waals surface area contributed by atoms with Gasteiger partial charge in [-0.15, -0.1) is 0 Å². The Kier molecular flexibility index (Phi) is 5.56. The number of carboxylic acids is 1. The molecule has 0 radical (unpaired) electrons. The normalized spacial score (nSPS) is 16.0. The largest absolute Gasteiger partial charge is 0.486 e. The number of nitrogens with zero attached hydrogens (tertiary/aromatic N) is 1. The monoisotopic (exact) mass is 341 g/mol. The molecule has 1 N–H and O–H groups in total. The number of aromatic carboxylic acids is 1. The predicted octanol–water partition coefficient (Wildman–Crippen LogP) is 3.44. The average Bonchev–Trinajstić information content (AvgIpc) is 2.62. The lowest BCUT2D eigenvalue weighted by Crippen LogP contribution is -2.41. The highest BCUT2D eigenvalue weighted by Gasteiger charge is 2.23. The van der Waals surface area contributed by atoms with Gasteiger partial charge in [0.1, 0.15) is 12.7 Å². The molecule has 3 rings (SSSR count). The van der Waals surface area contributed by atoms with Gasteiger partial charge in [0.2, 0.25) is 0 Å². The first kappa shape index (κ1) is 17.3. The molecule has 1 atom stereocenters. The number of hydrogen-bond acceptors (Lipinski definition) is 4. The number of benzene rings is 2. The third-order valence-corrected chi connectivity index (χ3v) is 4.15. The fourth-order valence-electron chi connectivity index (χ4n) is 3.05. The maximum absolute atomic E-state index is 11.1. The number of carbonyl (C=O) groups is 1. The van der Waals surface area contributed by atoms with E-state index in [-0.39, 0.29) is 6.10 Å². The van der Waals surface area contributed by atoms with Gasteiger partial charge in [0, 0.05) is 13.1 Å². The summed E-state index contributed by atoms with van der Waals surface area (Å²) in [5.74, 6) is 0.669. The van der Waals surface area contributed by atoms with E-state index < -0.39 is 5.97 Å². The first-order valence-electron chi connectivity index (χ1n) is 8.58. The molecule has 5 nitrogen and oxygen atoms in total. The minimum atomic E-state index is -0.899. The molecule has 5 heteroatoms. The van der Waals surface area contributed by atoms with Crippen molar-refractivity contribution in [2.45, 2.75) is 26.0 Å². The summed E-state index contributed by atoms with van der Waals surface area (Å²) < 4.78 is 11.8. The molecular weight excluding hydrogens is 318 g/mol. The molecule has 2 aromatic rings. The van der Waals surface area contributed by atoms with E-state index in [9.17, 15) is 4.79 Å². The average molecular weight is 341 g/mol. The fourth-order valence-corrected chi connectivity index (χ4v) is 3.05. The lowest BCUT2D eigenvalue weighted by atomic mass is 10.1. The van der Waals surface area contributed by atoms with Crippen molar-refractivity contribution in [3.05, 3.63) is 59.7 Å². The number of fused-ring (bicyclic) bond motifs is 1. The molecular formula is C20H23NO4. The van der Waals surface area contributed by atoms with Crippen LogP contribution in [0, 0.1) is 0 Å². The number of carboxylic acid groups (broad SMARTS) is 1. The van der Waals surface area contributed by atoms with E-state index in [1.165, 1.54) is 0 Å². The number of hydrogen-bond donors (Lipinski definition) is 1. The van der Waals surface area contributed by atoms with Crippen LogP contribution in [0.4, 0.5) is 0 Å². The Labute approximate surface area is 147 Å². The van der Waals surface area contributed by atoms with Crippen molar-refractivity contribution < 1.29 is 19.4 Å². The molecule has 0 spiro atoms. The Hall–Kier alpha value is -2.53. The van der Waals surface area contributed by atoms with E-state index in [1.54, 1.807) is 18.2 Å². The van der Waals surface area contributed by atoms with E-state index in [2.05, 4.69) is 11.8 Å². The van der Waals surface area contributed by atoms with Crippen molar-refractivity contribution in [2.75, 3.05) is 19.7 Å². The Morgan fingerprint density at radius 2 is 2.00 bits per heavy atom. The molecule has 1 heterocycles. The third kappa shape index (κ3) is 4.51. The SMILES string of the molecule is CCCN(Cc1cccc(C(=O)O)c1)CC1COc2ccccc2O1. The molecule has 1 aliphatic rings. The lowest BCUT2D eigenvalue weighted by Gasteiger charge is -2.31. The van der Waals surface area contributed by atoms with Crippen molar-refractivity contribution in [1.29, 1.82) is 0 Å². The zero-order valence-corrected chi connectivity index (χ0v) is 14.4. The van der Waals surface area contributed by atoms with Gasteiger partial charge in [0.15, 0.2) is 11.5 Å². The Morgan fingerprint density at radius 3 is 2.76 bits per heavy atom.